The Labute approximate surface area is 222 Å². The highest BCUT2D eigenvalue weighted by molar-refractivity contribution is 7.92. The average Bonchev–Trinajstić information content (AvgIpc) is 3.25. The van der Waals surface area contributed by atoms with Crippen molar-refractivity contribution in [2.24, 2.45) is 0 Å². The van der Waals surface area contributed by atoms with Gasteiger partial charge in [-0.1, -0.05) is 39.0 Å². The van der Waals surface area contributed by atoms with Gasteiger partial charge in [0.15, 0.2) is 0 Å². The van der Waals surface area contributed by atoms with Gasteiger partial charge in [-0.3, -0.25) is 19.3 Å². The third kappa shape index (κ3) is 6.03. The number of anilines is 1. The monoisotopic (exact) mass is 533 g/mol. The van der Waals surface area contributed by atoms with Crippen LogP contribution in [0.4, 0.5) is 5.69 Å². The molecule has 0 atom stereocenters. The first-order valence-electron chi connectivity index (χ1n) is 12.2. The van der Waals surface area contributed by atoms with Crippen LogP contribution in [0.3, 0.4) is 0 Å². The van der Waals surface area contributed by atoms with Gasteiger partial charge >= 0.3 is 0 Å². The zero-order chi connectivity index (χ0) is 27.5. The number of amides is 2. The molecule has 4 N–H and O–H groups in total. The van der Waals surface area contributed by atoms with Gasteiger partial charge in [0.2, 0.25) is 5.91 Å². The third-order valence-electron chi connectivity index (χ3n) is 6.04. The number of carbonyl (C=O) groups excluding carboxylic acids is 2. The van der Waals surface area contributed by atoms with E-state index >= 15 is 0 Å². The Balaban J connectivity index is 1.68. The van der Waals surface area contributed by atoms with E-state index in [1.165, 1.54) is 6.92 Å². The lowest BCUT2D eigenvalue weighted by atomic mass is 9.87. The van der Waals surface area contributed by atoms with E-state index in [-0.39, 0.29) is 28.7 Å². The van der Waals surface area contributed by atoms with E-state index < -0.39 is 10.0 Å². The van der Waals surface area contributed by atoms with E-state index in [0.717, 1.165) is 5.56 Å². The molecular formula is C28H31N5O4S. The summed E-state index contributed by atoms with van der Waals surface area (Å²) in [5.74, 6) is -0.535. The summed E-state index contributed by atoms with van der Waals surface area (Å²) >= 11 is 0. The molecule has 38 heavy (non-hydrogen) atoms. The molecule has 0 aliphatic rings. The van der Waals surface area contributed by atoms with Crippen LogP contribution in [0.2, 0.25) is 0 Å². The summed E-state index contributed by atoms with van der Waals surface area (Å²) in [4.78, 5) is 31.7. The Morgan fingerprint density at radius 3 is 2.32 bits per heavy atom. The largest absolute Gasteiger partial charge is 0.355 e. The van der Waals surface area contributed by atoms with Gasteiger partial charge < -0.3 is 15.6 Å². The molecule has 0 bridgehead atoms. The molecule has 4 rings (SSSR count). The van der Waals surface area contributed by atoms with Crippen LogP contribution in [-0.4, -0.2) is 43.3 Å². The van der Waals surface area contributed by atoms with Gasteiger partial charge in [-0.05, 0) is 47.4 Å². The number of fused-ring (bicyclic) bond motifs is 1. The number of sulfonamides is 1. The highest BCUT2D eigenvalue weighted by Crippen LogP contribution is 2.34. The van der Waals surface area contributed by atoms with Crippen molar-refractivity contribution < 1.29 is 18.0 Å². The number of hydrogen-bond donors (Lipinski definition) is 4. The van der Waals surface area contributed by atoms with Crippen molar-refractivity contribution in [2.75, 3.05) is 17.8 Å². The number of aromatic nitrogens is 2. The van der Waals surface area contributed by atoms with Gasteiger partial charge in [-0.25, -0.2) is 8.42 Å². The van der Waals surface area contributed by atoms with Gasteiger partial charge in [-0.2, -0.15) is 0 Å². The molecule has 2 aromatic heterocycles. The minimum atomic E-state index is -3.84. The summed E-state index contributed by atoms with van der Waals surface area (Å²) < 4.78 is 28.9. The lowest BCUT2D eigenvalue weighted by molar-refractivity contribution is -0.118. The fourth-order valence-electron chi connectivity index (χ4n) is 4.09. The van der Waals surface area contributed by atoms with Crippen molar-refractivity contribution >= 4 is 38.4 Å². The minimum Gasteiger partial charge on any atom is -0.355 e. The van der Waals surface area contributed by atoms with Crippen molar-refractivity contribution in [3.8, 4) is 11.1 Å². The van der Waals surface area contributed by atoms with Crippen LogP contribution in [-0.2, 0) is 20.2 Å². The molecule has 0 aliphatic carbocycles. The number of carbonyl (C=O) groups is 2. The SMILES string of the molecule is CC(=O)NCCNC(=O)c1[nH]c2ccc(NS(=O)(=O)c3ccc(C(C)(C)C)cc3)cc2c1-c1cccnc1. The smallest absolute Gasteiger partial charge is 0.268 e. The Hall–Kier alpha value is -4.18. The summed E-state index contributed by atoms with van der Waals surface area (Å²) in [5, 5.41) is 6.10. The van der Waals surface area contributed by atoms with Crippen molar-refractivity contribution in [3.05, 3.63) is 78.2 Å². The van der Waals surface area contributed by atoms with Gasteiger partial charge in [0.1, 0.15) is 5.69 Å². The molecule has 2 heterocycles. The molecule has 0 radical (unpaired) electrons. The molecule has 9 nitrogen and oxygen atoms in total. The van der Waals surface area contributed by atoms with E-state index in [2.05, 4.69) is 46.1 Å². The molecule has 0 saturated carbocycles. The molecule has 10 heteroatoms. The summed E-state index contributed by atoms with van der Waals surface area (Å²) in [6.07, 6.45) is 3.28. The number of nitrogens with one attached hydrogen (secondary N) is 4. The molecule has 0 aliphatic heterocycles. The Kier molecular flexibility index (Phi) is 7.54. The van der Waals surface area contributed by atoms with Crippen LogP contribution in [0.25, 0.3) is 22.0 Å². The van der Waals surface area contributed by atoms with E-state index in [4.69, 9.17) is 0 Å². The van der Waals surface area contributed by atoms with E-state index in [0.29, 0.717) is 40.0 Å². The maximum Gasteiger partial charge on any atom is 0.268 e. The van der Waals surface area contributed by atoms with Crippen molar-refractivity contribution in [1.29, 1.82) is 0 Å². The lowest BCUT2D eigenvalue weighted by Crippen LogP contribution is -2.34. The zero-order valence-electron chi connectivity index (χ0n) is 21.8. The molecule has 198 valence electrons. The number of aromatic amines is 1. The van der Waals surface area contributed by atoms with Gasteiger partial charge in [0.05, 0.1) is 4.90 Å². The fourth-order valence-corrected chi connectivity index (χ4v) is 5.14. The summed E-state index contributed by atoms with van der Waals surface area (Å²) in [6, 6.07) is 15.5. The summed E-state index contributed by atoms with van der Waals surface area (Å²) in [6.45, 7) is 8.16. The Morgan fingerprint density at radius 2 is 1.68 bits per heavy atom. The van der Waals surface area contributed by atoms with Gasteiger partial charge in [0.25, 0.3) is 15.9 Å². The van der Waals surface area contributed by atoms with E-state index in [1.807, 2.05) is 18.2 Å². The molecule has 0 spiro atoms. The van der Waals surface area contributed by atoms with Crippen LogP contribution in [0.15, 0.2) is 71.9 Å². The van der Waals surface area contributed by atoms with Crippen molar-refractivity contribution in [3.63, 3.8) is 0 Å². The predicted octanol–water partition coefficient (Wildman–Crippen LogP) is 4.19. The third-order valence-corrected chi connectivity index (χ3v) is 7.44. The van der Waals surface area contributed by atoms with Crippen LogP contribution in [0.5, 0.6) is 0 Å². The standard InChI is InChI=1S/C28H31N5O4S/c1-18(34)30-14-15-31-27(35)26-25(19-6-5-13-29-17-19)23-16-21(9-12-24(23)32-26)33-38(36,37)22-10-7-20(8-11-22)28(2,3)4/h5-13,16-17,32-33H,14-15H2,1-4H3,(H,30,34)(H,31,35). The molecule has 4 aromatic rings. The number of rotatable bonds is 8. The molecule has 0 saturated heterocycles. The number of nitrogens with zero attached hydrogens (tertiary/aromatic N) is 1. The molecular weight excluding hydrogens is 502 g/mol. The highest BCUT2D eigenvalue weighted by Gasteiger charge is 2.22. The second-order valence-corrected chi connectivity index (χ2v) is 11.7. The maximum atomic E-state index is 13.1. The van der Waals surface area contributed by atoms with Crippen LogP contribution in [0, 0.1) is 0 Å². The quantitative estimate of drug-likeness (QED) is 0.252. The highest BCUT2D eigenvalue weighted by atomic mass is 32.2. The van der Waals surface area contributed by atoms with Gasteiger partial charge in [0, 0.05) is 60.1 Å². The van der Waals surface area contributed by atoms with E-state index in [1.54, 1.807) is 48.8 Å². The van der Waals surface area contributed by atoms with Gasteiger partial charge in [-0.15, -0.1) is 0 Å². The van der Waals surface area contributed by atoms with Crippen LogP contribution in [0.1, 0.15) is 43.7 Å². The predicted molar refractivity (Wildman–Crippen MR) is 148 cm³/mol. The van der Waals surface area contributed by atoms with E-state index in [9.17, 15) is 18.0 Å². The first-order chi connectivity index (χ1) is 18.0. The number of pyridine rings is 1. The molecule has 2 aromatic carbocycles. The normalized spacial score (nSPS) is 11.8. The molecule has 0 unspecified atom stereocenters. The van der Waals surface area contributed by atoms with Crippen LogP contribution < -0.4 is 15.4 Å². The maximum absolute atomic E-state index is 13.1. The van der Waals surface area contributed by atoms with Crippen molar-refractivity contribution in [1.82, 2.24) is 20.6 Å². The number of hydrogen-bond acceptors (Lipinski definition) is 5. The first-order valence-corrected chi connectivity index (χ1v) is 13.7. The topological polar surface area (TPSA) is 133 Å². The molecule has 2 amide bonds. The summed E-state index contributed by atoms with van der Waals surface area (Å²) in [5.41, 5.74) is 3.57. The molecule has 0 fully saturated rings. The first kappa shape index (κ1) is 26.9. The summed E-state index contributed by atoms with van der Waals surface area (Å²) in [7, 11) is -3.84. The van der Waals surface area contributed by atoms with Crippen LogP contribution >= 0.6 is 0 Å². The minimum absolute atomic E-state index is 0.0916. The fraction of sp³-hybridized carbons (Fsp3) is 0.250. The number of benzene rings is 2. The lowest BCUT2D eigenvalue weighted by Gasteiger charge is -2.19. The average molecular weight is 534 g/mol. The second-order valence-electron chi connectivity index (χ2n) is 10.00. The Bertz CT molecular complexity index is 1570. The second kappa shape index (κ2) is 10.7. The Morgan fingerprint density at radius 1 is 0.974 bits per heavy atom. The number of H-pyrrole nitrogens is 1. The zero-order valence-corrected chi connectivity index (χ0v) is 22.6. The van der Waals surface area contributed by atoms with Crippen molar-refractivity contribution in [2.45, 2.75) is 38.0 Å².